The highest BCUT2D eigenvalue weighted by Gasteiger charge is 2.45. The molecule has 1 unspecified atom stereocenters. The van der Waals surface area contributed by atoms with Gasteiger partial charge in [-0.1, -0.05) is 13.8 Å². The molecule has 1 atom stereocenters. The third-order valence-corrected chi connectivity index (χ3v) is 4.85. The van der Waals surface area contributed by atoms with E-state index in [1.807, 2.05) is 0 Å². The lowest BCUT2D eigenvalue weighted by molar-refractivity contribution is -0.122. The molecule has 1 saturated carbocycles. The van der Waals surface area contributed by atoms with Crippen molar-refractivity contribution in [3.8, 4) is 0 Å². The number of carbonyl (C=O) groups is 1. The molecular weight excluding hydrogens is 252 g/mol. The van der Waals surface area contributed by atoms with E-state index in [9.17, 15) is 13.2 Å². The van der Waals surface area contributed by atoms with Crippen LogP contribution in [0.1, 0.15) is 33.1 Å². The van der Waals surface area contributed by atoms with E-state index < -0.39 is 15.9 Å². The number of amides is 1. The topological polar surface area (TPSA) is 89.3 Å². The Morgan fingerprint density at radius 3 is 2.33 bits per heavy atom. The van der Waals surface area contributed by atoms with Crippen LogP contribution < -0.4 is 11.1 Å². The molecule has 0 aromatic carbocycles. The van der Waals surface area contributed by atoms with Gasteiger partial charge in [-0.2, -0.15) is 0 Å². The van der Waals surface area contributed by atoms with E-state index in [1.165, 1.54) is 0 Å². The van der Waals surface area contributed by atoms with Gasteiger partial charge < -0.3 is 11.1 Å². The Bertz CT molecular complexity index is 400. The molecule has 0 aliphatic heterocycles. The number of hydrogen-bond acceptors (Lipinski definition) is 4. The quantitative estimate of drug-likeness (QED) is 0.700. The summed E-state index contributed by atoms with van der Waals surface area (Å²) in [6.07, 6.45) is 3.61. The van der Waals surface area contributed by atoms with Crippen LogP contribution in [0.2, 0.25) is 0 Å². The van der Waals surface area contributed by atoms with Crippen LogP contribution in [0.25, 0.3) is 0 Å². The third-order valence-electron chi connectivity index (χ3n) is 3.87. The van der Waals surface area contributed by atoms with Crippen LogP contribution in [-0.4, -0.2) is 38.9 Å². The van der Waals surface area contributed by atoms with E-state index in [1.54, 1.807) is 0 Å². The predicted octanol–water partition coefficient (Wildman–Crippen LogP) is 0.301. The van der Waals surface area contributed by atoms with Crippen LogP contribution in [-0.2, 0) is 14.6 Å². The lowest BCUT2D eigenvalue weighted by Crippen LogP contribution is -2.44. The van der Waals surface area contributed by atoms with Gasteiger partial charge in [0.2, 0.25) is 5.91 Å². The average Bonchev–Trinajstić information content (AvgIpc) is 3.02. The normalized spacial score (nSPS) is 19.6. The van der Waals surface area contributed by atoms with Gasteiger partial charge >= 0.3 is 0 Å². The monoisotopic (exact) mass is 276 g/mol. The second-order valence-electron chi connectivity index (χ2n) is 5.76. The first kappa shape index (κ1) is 15.4. The molecule has 5 nitrogen and oxygen atoms in total. The molecule has 0 bridgehead atoms. The van der Waals surface area contributed by atoms with Gasteiger partial charge in [-0.3, -0.25) is 4.79 Å². The van der Waals surface area contributed by atoms with E-state index in [2.05, 4.69) is 19.2 Å². The van der Waals surface area contributed by atoms with Crippen molar-refractivity contribution < 1.29 is 13.2 Å². The van der Waals surface area contributed by atoms with Gasteiger partial charge in [0.05, 0.1) is 11.8 Å². The van der Waals surface area contributed by atoms with Gasteiger partial charge in [0.25, 0.3) is 0 Å². The van der Waals surface area contributed by atoms with Crippen LogP contribution in [0.4, 0.5) is 0 Å². The maximum atomic E-state index is 11.7. The number of carbonyl (C=O) groups excluding carboxylic acids is 1. The fourth-order valence-electron chi connectivity index (χ4n) is 1.99. The Morgan fingerprint density at radius 2 is 1.94 bits per heavy atom. The van der Waals surface area contributed by atoms with E-state index in [4.69, 9.17) is 5.73 Å². The molecule has 3 N–H and O–H groups in total. The summed E-state index contributed by atoms with van der Waals surface area (Å²) in [6, 6.07) is -0.734. The molecule has 0 heterocycles. The van der Waals surface area contributed by atoms with Gasteiger partial charge in [0, 0.05) is 12.8 Å². The maximum absolute atomic E-state index is 11.7. The van der Waals surface area contributed by atoms with E-state index >= 15 is 0 Å². The van der Waals surface area contributed by atoms with Crippen LogP contribution in [0, 0.1) is 11.3 Å². The molecule has 1 fully saturated rings. The summed E-state index contributed by atoms with van der Waals surface area (Å²) in [5.41, 5.74) is 5.92. The highest BCUT2D eigenvalue weighted by Crippen LogP contribution is 2.51. The fourth-order valence-corrected chi connectivity index (χ4v) is 2.67. The maximum Gasteiger partial charge on any atom is 0.236 e. The summed E-state index contributed by atoms with van der Waals surface area (Å²) in [4.78, 5) is 11.7. The number of rotatable bonds is 7. The summed E-state index contributed by atoms with van der Waals surface area (Å²) in [6.45, 7) is 4.96. The molecule has 0 radical (unpaired) electrons. The molecule has 1 amide bonds. The van der Waals surface area contributed by atoms with E-state index in [0.29, 0.717) is 12.5 Å². The Morgan fingerprint density at radius 1 is 1.39 bits per heavy atom. The van der Waals surface area contributed by atoms with Crippen LogP contribution in [0.15, 0.2) is 0 Å². The first-order valence-electron chi connectivity index (χ1n) is 6.37. The third kappa shape index (κ3) is 4.57. The van der Waals surface area contributed by atoms with Crippen LogP contribution >= 0.6 is 0 Å². The number of hydrogen-bond donors (Lipinski definition) is 2. The van der Waals surface area contributed by atoms with Crippen molar-refractivity contribution in [2.75, 3.05) is 18.6 Å². The van der Waals surface area contributed by atoms with Crippen molar-refractivity contribution in [3.63, 3.8) is 0 Å². The highest BCUT2D eigenvalue weighted by molar-refractivity contribution is 7.90. The Hall–Kier alpha value is -0.620. The highest BCUT2D eigenvalue weighted by atomic mass is 32.2. The molecule has 0 aromatic rings. The Labute approximate surface area is 109 Å². The second kappa shape index (κ2) is 5.57. The van der Waals surface area contributed by atoms with Crippen molar-refractivity contribution in [3.05, 3.63) is 0 Å². The molecule has 1 aliphatic rings. The van der Waals surface area contributed by atoms with E-state index in [0.717, 1.165) is 19.1 Å². The average molecular weight is 276 g/mol. The van der Waals surface area contributed by atoms with Crippen molar-refractivity contribution >= 4 is 15.7 Å². The molecule has 0 saturated heterocycles. The zero-order valence-electron chi connectivity index (χ0n) is 11.4. The standard InChI is InChI=1S/C12H24N2O3S/c1-9(2)12(5-6-12)8-14-11(15)10(13)4-7-18(3,16)17/h9-10H,4-8,13H2,1-3H3,(H,14,15). The van der Waals surface area contributed by atoms with Crippen molar-refractivity contribution in [1.82, 2.24) is 5.32 Å². The smallest absolute Gasteiger partial charge is 0.236 e. The van der Waals surface area contributed by atoms with Crippen molar-refractivity contribution in [2.24, 2.45) is 17.1 Å². The Balaban J connectivity index is 2.33. The summed E-state index contributed by atoms with van der Waals surface area (Å²) >= 11 is 0. The first-order valence-corrected chi connectivity index (χ1v) is 8.43. The van der Waals surface area contributed by atoms with Gasteiger partial charge in [-0.25, -0.2) is 8.42 Å². The number of nitrogens with one attached hydrogen (secondary N) is 1. The molecule has 0 aromatic heterocycles. The zero-order chi connectivity index (χ0) is 14.0. The van der Waals surface area contributed by atoms with Crippen LogP contribution in [0.5, 0.6) is 0 Å². The Kier molecular flexibility index (Phi) is 4.78. The first-order chi connectivity index (χ1) is 8.16. The minimum absolute atomic E-state index is 0.0447. The molecular formula is C12H24N2O3S. The molecule has 1 aliphatic carbocycles. The number of nitrogens with two attached hydrogens (primary N) is 1. The summed E-state index contributed by atoms with van der Waals surface area (Å²) in [7, 11) is -3.06. The SMILES string of the molecule is CC(C)C1(CNC(=O)C(N)CCS(C)(=O)=O)CC1. The van der Waals surface area contributed by atoms with Gasteiger partial charge in [-0.15, -0.1) is 0 Å². The summed E-state index contributed by atoms with van der Waals surface area (Å²) in [5.74, 6) is 0.257. The van der Waals surface area contributed by atoms with Gasteiger partial charge in [-0.05, 0) is 30.6 Å². The molecule has 6 heteroatoms. The summed E-state index contributed by atoms with van der Waals surface area (Å²) in [5, 5.41) is 2.84. The van der Waals surface area contributed by atoms with Crippen molar-refractivity contribution in [1.29, 1.82) is 0 Å². The fraction of sp³-hybridized carbons (Fsp3) is 0.917. The lowest BCUT2D eigenvalue weighted by atomic mass is 9.92. The largest absolute Gasteiger partial charge is 0.354 e. The minimum Gasteiger partial charge on any atom is -0.354 e. The minimum atomic E-state index is -3.06. The predicted molar refractivity (Wildman–Crippen MR) is 71.8 cm³/mol. The van der Waals surface area contributed by atoms with Crippen molar-refractivity contribution in [2.45, 2.75) is 39.2 Å². The van der Waals surface area contributed by atoms with E-state index in [-0.39, 0.29) is 23.5 Å². The number of sulfone groups is 1. The van der Waals surface area contributed by atoms with Gasteiger partial charge in [0.1, 0.15) is 9.84 Å². The lowest BCUT2D eigenvalue weighted by Gasteiger charge is -2.21. The zero-order valence-corrected chi connectivity index (χ0v) is 12.2. The summed E-state index contributed by atoms with van der Waals surface area (Å²) < 4.78 is 22.0. The molecule has 106 valence electrons. The molecule has 1 rings (SSSR count). The van der Waals surface area contributed by atoms with Crippen LogP contribution in [0.3, 0.4) is 0 Å². The second-order valence-corrected chi connectivity index (χ2v) is 8.02. The molecule has 18 heavy (non-hydrogen) atoms. The molecule has 0 spiro atoms. The van der Waals surface area contributed by atoms with Gasteiger partial charge in [0.15, 0.2) is 0 Å².